The van der Waals surface area contributed by atoms with Crippen LogP contribution < -0.4 is 10.6 Å². The van der Waals surface area contributed by atoms with Gasteiger partial charge in [0.05, 0.1) is 0 Å². The number of alkyl carbamates (subject to hydrolysis) is 1. The van der Waals surface area contributed by atoms with E-state index in [-0.39, 0.29) is 5.91 Å². The number of para-hydroxylation sites is 1. The smallest absolute Gasteiger partial charge is 0.407 e. The fourth-order valence-electron chi connectivity index (χ4n) is 1.73. The van der Waals surface area contributed by atoms with Crippen molar-refractivity contribution in [3.05, 3.63) is 35.9 Å². The Morgan fingerprint density at radius 3 is 2.55 bits per heavy atom. The maximum absolute atomic E-state index is 11.5. The van der Waals surface area contributed by atoms with Gasteiger partial charge in [0.25, 0.3) is 0 Å². The summed E-state index contributed by atoms with van der Waals surface area (Å²) in [5.41, 5.74) is 1.21. The van der Waals surface area contributed by atoms with Crippen LogP contribution in [0.25, 0.3) is 6.08 Å². The van der Waals surface area contributed by atoms with E-state index in [0.29, 0.717) is 13.0 Å². The van der Waals surface area contributed by atoms with Crippen LogP contribution in [0.1, 0.15) is 39.7 Å². The Morgan fingerprint density at radius 2 is 1.91 bits per heavy atom. The number of ether oxygens (including phenoxy) is 1. The zero-order chi connectivity index (χ0) is 16.6. The average Bonchev–Trinajstić information content (AvgIpc) is 2.37. The molecule has 0 radical (unpaired) electrons. The summed E-state index contributed by atoms with van der Waals surface area (Å²) < 4.78 is 5.14. The van der Waals surface area contributed by atoms with Crippen molar-refractivity contribution >= 4 is 23.8 Å². The predicted molar refractivity (Wildman–Crippen MR) is 88.6 cm³/mol. The van der Waals surface area contributed by atoms with Gasteiger partial charge in [-0.05, 0) is 38.8 Å². The summed E-state index contributed by atoms with van der Waals surface area (Å²) in [5, 5.41) is 5.47. The summed E-state index contributed by atoms with van der Waals surface area (Å²) in [4.78, 5) is 22.6. The highest BCUT2D eigenvalue weighted by atomic mass is 16.6. The number of carbonyl (C=O) groups is 2. The minimum absolute atomic E-state index is 0.104. The van der Waals surface area contributed by atoms with Gasteiger partial charge in [-0.25, -0.2) is 4.79 Å². The molecule has 0 saturated carbocycles. The summed E-state index contributed by atoms with van der Waals surface area (Å²) in [6.45, 7) is 7.45. The fraction of sp³-hybridized carbons (Fsp3) is 0.412. The number of amides is 2. The third-order valence-electron chi connectivity index (χ3n) is 2.55. The lowest BCUT2D eigenvalue weighted by Crippen LogP contribution is -2.32. The predicted octanol–water partition coefficient (Wildman–Crippen LogP) is 3.57. The van der Waals surface area contributed by atoms with Crippen LogP contribution in [0.5, 0.6) is 0 Å². The van der Waals surface area contributed by atoms with E-state index in [1.54, 1.807) is 0 Å². The monoisotopic (exact) mass is 304 g/mol. The normalized spacial score (nSPS) is 11.3. The average molecular weight is 304 g/mol. The van der Waals surface area contributed by atoms with Gasteiger partial charge in [0.2, 0.25) is 5.91 Å². The Balaban J connectivity index is 2.44. The highest BCUT2D eigenvalue weighted by molar-refractivity contribution is 5.91. The lowest BCUT2D eigenvalue weighted by atomic mass is 10.1. The molecule has 5 heteroatoms. The molecule has 0 fully saturated rings. The van der Waals surface area contributed by atoms with Crippen molar-refractivity contribution in [3.63, 3.8) is 0 Å². The number of hydrogen-bond acceptors (Lipinski definition) is 3. The second-order valence-corrected chi connectivity index (χ2v) is 5.89. The summed E-state index contributed by atoms with van der Waals surface area (Å²) in [5.74, 6) is -0.104. The molecule has 5 nitrogen and oxygen atoms in total. The van der Waals surface area contributed by atoms with Crippen molar-refractivity contribution in [3.8, 4) is 0 Å². The van der Waals surface area contributed by atoms with Gasteiger partial charge in [0.1, 0.15) is 5.60 Å². The van der Waals surface area contributed by atoms with Crippen LogP contribution in [0, 0.1) is 0 Å². The van der Waals surface area contributed by atoms with Crippen LogP contribution in [0.15, 0.2) is 30.3 Å². The Kier molecular flexibility index (Phi) is 6.63. The number of rotatable bonds is 5. The third kappa shape index (κ3) is 7.47. The molecule has 0 aliphatic carbocycles. The van der Waals surface area contributed by atoms with Gasteiger partial charge < -0.3 is 15.4 Å². The van der Waals surface area contributed by atoms with E-state index in [1.807, 2.05) is 57.2 Å². The summed E-state index contributed by atoms with van der Waals surface area (Å²) >= 11 is 0. The van der Waals surface area contributed by atoms with E-state index < -0.39 is 11.7 Å². The van der Waals surface area contributed by atoms with Crippen molar-refractivity contribution in [1.82, 2.24) is 5.32 Å². The van der Waals surface area contributed by atoms with Crippen molar-refractivity contribution in [2.24, 2.45) is 0 Å². The van der Waals surface area contributed by atoms with E-state index >= 15 is 0 Å². The first kappa shape index (κ1) is 17.8. The van der Waals surface area contributed by atoms with Crippen molar-refractivity contribution in [2.45, 2.75) is 39.7 Å². The van der Waals surface area contributed by atoms with Gasteiger partial charge in [0.15, 0.2) is 0 Å². The Bertz CT molecular complexity index is 545. The molecule has 120 valence electrons. The van der Waals surface area contributed by atoms with Gasteiger partial charge in [-0.3, -0.25) is 4.79 Å². The number of nitrogens with one attached hydrogen (secondary N) is 2. The van der Waals surface area contributed by atoms with E-state index in [1.165, 1.54) is 6.92 Å². The quantitative estimate of drug-likeness (QED) is 0.817. The van der Waals surface area contributed by atoms with Crippen LogP contribution >= 0.6 is 0 Å². The highest BCUT2D eigenvalue weighted by Crippen LogP contribution is 2.16. The van der Waals surface area contributed by atoms with Gasteiger partial charge in [-0.2, -0.15) is 0 Å². The lowest BCUT2D eigenvalue weighted by Gasteiger charge is -2.19. The first-order valence-electron chi connectivity index (χ1n) is 7.28. The molecule has 0 unspecified atom stereocenters. The topological polar surface area (TPSA) is 67.4 Å². The lowest BCUT2D eigenvalue weighted by molar-refractivity contribution is -0.114. The minimum atomic E-state index is -0.489. The zero-order valence-electron chi connectivity index (χ0n) is 13.6. The Morgan fingerprint density at radius 1 is 1.23 bits per heavy atom. The molecule has 0 aliphatic heterocycles. The number of hydrogen-bond donors (Lipinski definition) is 2. The maximum atomic E-state index is 11.5. The molecule has 0 aliphatic rings. The van der Waals surface area contributed by atoms with E-state index in [0.717, 1.165) is 11.3 Å². The largest absolute Gasteiger partial charge is 0.444 e. The second kappa shape index (κ2) is 8.22. The summed E-state index contributed by atoms with van der Waals surface area (Å²) in [6.07, 6.45) is 4.12. The van der Waals surface area contributed by atoms with Crippen molar-refractivity contribution in [1.29, 1.82) is 0 Å². The second-order valence-electron chi connectivity index (χ2n) is 5.89. The molecule has 0 spiro atoms. The van der Waals surface area contributed by atoms with E-state index in [2.05, 4.69) is 10.6 Å². The van der Waals surface area contributed by atoms with Crippen LogP contribution in [0.3, 0.4) is 0 Å². The first-order valence-corrected chi connectivity index (χ1v) is 7.28. The molecule has 1 aromatic rings. The molecule has 0 aromatic heterocycles. The molecule has 2 amide bonds. The first-order chi connectivity index (χ1) is 10.3. The SMILES string of the molecule is CC(=O)Nc1ccccc1C=CCCNC(=O)OC(C)(C)C. The van der Waals surface area contributed by atoms with E-state index in [9.17, 15) is 9.59 Å². The zero-order valence-corrected chi connectivity index (χ0v) is 13.6. The summed E-state index contributed by atoms with van der Waals surface area (Å²) in [7, 11) is 0. The van der Waals surface area contributed by atoms with Gasteiger partial charge >= 0.3 is 6.09 Å². The molecule has 22 heavy (non-hydrogen) atoms. The van der Waals surface area contributed by atoms with Crippen LogP contribution in [-0.4, -0.2) is 24.1 Å². The number of anilines is 1. The molecule has 2 N–H and O–H groups in total. The maximum Gasteiger partial charge on any atom is 0.407 e. The molecule has 1 aromatic carbocycles. The third-order valence-corrected chi connectivity index (χ3v) is 2.55. The summed E-state index contributed by atoms with van der Waals surface area (Å²) in [6, 6.07) is 7.54. The fourth-order valence-corrected chi connectivity index (χ4v) is 1.73. The van der Waals surface area contributed by atoms with Gasteiger partial charge in [-0.15, -0.1) is 0 Å². The highest BCUT2D eigenvalue weighted by Gasteiger charge is 2.15. The van der Waals surface area contributed by atoms with Crippen LogP contribution in [0.2, 0.25) is 0 Å². The molecular formula is C17H24N2O3. The number of benzene rings is 1. The van der Waals surface area contributed by atoms with Gasteiger partial charge in [-0.1, -0.05) is 30.4 Å². The minimum Gasteiger partial charge on any atom is -0.444 e. The molecule has 0 saturated heterocycles. The molecule has 0 heterocycles. The Labute approximate surface area is 131 Å². The molecular weight excluding hydrogens is 280 g/mol. The van der Waals surface area contributed by atoms with Crippen molar-refractivity contribution in [2.75, 3.05) is 11.9 Å². The van der Waals surface area contributed by atoms with Crippen LogP contribution in [0.4, 0.5) is 10.5 Å². The van der Waals surface area contributed by atoms with E-state index in [4.69, 9.17) is 4.74 Å². The standard InChI is InChI=1S/C17H24N2O3/c1-13(20)19-15-11-6-5-9-14(15)10-7-8-12-18-16(21)22-17(2,3)4/h5-7,9-11H,8,12H2,1-4H3,(H,18,21)(H,19,20). The number of carbonyl (C=O) groups excluding carboxylic acids is 2. The van der Waals surface area contributed by atoms with Crippen molar-refractivity contribution < 1.29 is 14.3 Å². The molecule has 0 bridgehead atoms. The Hall–Kier alpha value is -2.30. The molecule has 1 rings (SSSR count). The molecule has 0 atom stereocenters. The van der Waals surface area contributed by atoms with Gasteiger partial charge in [0, 0.05) is 19.2 Å². The van der Waals surface area contributed by atoms with Crippen LogP contribution in [-0.2, 0) is 9.53 Å².